The number of nitrogens with one attached hydrogen (secondary N) is 2. The molecule has 182 valence electrons. The third-order valence-corrected chi connectivity index (χ3v) is 6.92. The lowest BCUT2D eigenvalue weighted by Gasteiger charge is -2.46. The van der Waals surface area contributed by atoms with Crippen LogP contribution in [-0.2, 0) is 18.4 Å². The summed E-state index contributed by atoms with van der Waals surface area (Å²) in [6.45, 7) is -0.436. The highest BCUT2D eigenvalue weighted by Gasteiger charge is 2.51. The highest BCUT2D eigenvalue weighted by atomic mass is 19.1. The smallest absolute Gasteiger partial charge is 0.226 e. The van der Waals surface area contributed by atoms with Crippen molar-refractivity contribution in [3.05, 3.63) is 77.6 Å². The molecule has 1 fully saturated rings. The maximum atomic E-state index is 14.6. The van der Waals surface area contributed by atoms with Gasteiger partial charge in [0.25, 0.3) is 0 Å². The topological polar surface area (TPSA) is 62.7 Å². The predicted octanol–water partition coefficient (Wildman–Crippen LogP) is 5.53. The van der Waals surface area contributed by atoms with E-state index in [1.807, 2.05) is 7.05 Å². The van der Waals surface area contributed by atoms with Crippen LogP contribution in [0.1, 0.15) is 36.4 Å². The van der Waals surface area contributed by atoms with E-state index < -0.39 is 29.5 Å². The van der Waals surface area contributed by atoms with Crippen molar-refractivity contribution < 1.29 is 22.4 Å². The van der Waals surface area contributed by atoms with Crippen molar-refractivity contribution in [2.75, 3.05) is 6.67 Å². The Morgan fingerprint density at radius 1 is 1.17 bits per heavy atom. The number of hydrogen-bond acceptors (Lipinski definition) is 2. The molecule has 5 rings (SSSR count). The van der Waals surface area contributed by atoms with Crippen molar-refractivity contribution in [1.82, 2.24) is 19.9 Å². The molecular formula is C26H24F4N4O. The lowest BCUT2D eigenvalue weighted by Crippen LogP contribution is -2.49. The first-order valence-electron chi connectivity index (χ1n) is 11.4. The lowest BCUT2D eigenvalue weighted by atomic mass is 9.57. The SMILES string of the molecule is Cn1cnc(CNC(=O)C2(CCF)CC(c3c(-c4ccc(F)cc4)[nH]c4c(F)cc(F)cc34)C2)c1. The maximum Gasteiger partial charge on any atom is 0.226 e. The molecule has 2 aromatic carbocycles. The zero-order valence-corrected chi connectivity index (χ0v) is 19.0. The minimum Gasteiger partial charge on any atom is -0.352 e. The van der Waals surface area contributed by atoms with E-state index in [1.165, 1.54) is 18.2 Å². The largest absolute Gasteiger partial charge is 0.352 e. The molecule has 1 amide bonds. The first-order chi connectivity index (χ1) is 16.8. The Kier molecular flexibility index (Phi) is 5.86. The molecule has 2 N–H and O–H groups in total. The third kappa shape index (κ3) is 4.19. The molecule has 4 aromatic rings. The van der Waals surface area contributed by atoms with E-state index in [4.69, 9.17) is 0 Å². The summed E-state index contributed by atoms with van der Waals surface area (Å²) in [6, 6.07) is 7.77. The molecule has 1 aliphatic carbocycles. The van der Waals surface area contributed by atoms with Crippen molar-refractivity contribution in [2.45, 2.75) is 31.7 Å². The Morgan fingerprint density at radius 2 is 1.91 bits per heavy atom. The van der Waals surface area contributed by atoms with Crippen LogP contribution in [0.25, 0.3) is 22.2 Å². The number of imidazole rings is 1. The number of aromatic amines is 1. The molecule has 2 heterocycles. The second-order valence-electron chi connectivity index (χ2n) is 9.27. The lowest BCUT2D eigenvalue weighted by molar-refractivity contribution is -0.138. The standard InChI is InChI=1S/C26H24F4N4O/c1-34-13-19(32-14-34)12-31-25(35)26(6-7-27)10-16(11-26)22-20-8-18(29)9-21(30)24(20)33-23(22)15-2-4-17(28)5-3-15/h2-5,8-9,13-14,16,33H,6-7,10-12H2,1H3,(H,31,35). The number of fused-ring (bicyclic) bond motifs is 1. The molecular weight excluding hydrogens is 460 g/mol. The van der Waals surface area contributed by atoms with E-state index in [2.05, 4.69) is 15.3 Å². The van der Waals surface area contributed by atoms with Crippen LogP contribution in [0.3, 0.4) is 0 Å². The van der Waals surface area contributed by atoms with Crippen molar-refractivity contribution in [2.24, 2.45) is 12.5 Å². The van der Waals surface area contributed by atoms with Crippen molar-refractivity contribution in [3.63, 3.8) is 0 Å². The van der Waals surface area contributed by atoms with Crippen molar-refractivity contribution in [3.8, 4) is 11.3 Å². The molecule has 0 atom stereocenters. The fourth-order valence-electron chi connectivity index (χ4n) is 5.20. The number of halogens is 4. The molecule has 5 nitrogen and oxygen atoms in total. The minimum absolute atomic E-state index is 0.0501. The highest BCUT2D eigenvalue weighted by molar-refractivity contribution is 5.93. The van der Waals surface area contributed by atoms with E-state index in [-0.39, 0.29) is 30.3 Å². The maximum absolute atomic E-state index is 14.6. The number of rotatable bonds is 7. The van der Waals surface area contributed by atoms with E-state index in [1.54, 1.807) is 29.2 Å². The van der Waals surface area contributed by atoms with Crippen LogP contribution in [0, 0.1) is 22.9 Å². The third-order valence-electron chi connectivity index (χ3n) is 6.92. The van der Waals surface area contributed by atoms with Gasteiger partial charge in [-0.25, -0.2) is 18.2 Å². The van der Waals surface area contributed by atoms with E-state index in [0.717, 1.165) is 6.07 Å². The molecule has 9 heteroatoms. The summed E-state index contributed by atoms with van der Waals surface area (Å²) < 4.78 is 57.6. The average Bonchev–Trinajstić information content (AvgIpc) is 3.38. The molecule has 0 spiro atoms. The summed E-state index contributed by atoms with van der Waals surface area (Å²) >= 11 is 0. The van der Waals surface area contributed by atoms with Crippen molar-refractivity contribution >= 4 is 16.8 Å². The van der Waals surface area contributed by atoms with Crippen LogP contribution in [0.5, 0.6) is 0 Å². The molecule has 0 bridgehead atoms. The first-order valence-corrected chi connectivity index (χ1v) is 11.4. The number of amides is 1. The Balaban J connectivity index is 1.47. The second-order valence-corrected chi connectivity index (χ2v) is 9.27. The van der Waals surface area contributed by atoms with Gasteiger partial charge in [0.05, 0.1) is 41.9 Å². The number of aryl methyl sites for hydroxylation is 1. The molecule has 0 radical (unpaired) electrons. The summed E-state index contributed by atoms with van der Waals surface area (Å²) in [5.74, 6) is -2.38. The predicted molar refractivity (Wildman–Crippen MR) is 124 cm³/mol. The van der Waals surface area contributed by atoms with Gasteiger partial charge in [-0.15, -0.1) is 0 Å². The Bertz CT molecular complexity index is 1390. The summed E-state index contributed by atoms with van der Waals surface area (Å²) in [5, 5.41) is 3.23. The number of aromatic nitrogens is 3. The van der Waals surface area contributed by atoms with Gasteiger partial charge >= 0.3 is 0 Å². The van der Waals surface area contributed by atoms with Gasteiger partial charge in [0, 0.05) is 24.7 Å². The number of carbonyl (C=O) groups is 1. The summed E-state index contributed by atoms with van der Waals surface area (Å²) in [5.41, 5.74) is 1.70. The number of hydrogen-bond donors (Lipinski definition) is 2. The Labute approximate surface area is 199 Å². The molecule has 2 aromatic heterocycles. The summed E-state index contributed by atoms with van der Waals surface area (Å²) in [7, 11) is 1.82. The van der Waals surface area contributed by atoms with Gasteiger partial charge in [-0.2, -0.15) is 0 Å². The fraction of sp³-hybridized carbons (Fsp3) is 0.308. The van der Waals surface area contributed by atoms with Gasteiger partial charge in [0.15, 0.2) is 0 Å². The number of benzene rings is 2. The van der Waals surface area contributed by atoms with Crippen LogP contribution in [0.15, 0.2) is 48.9 Å². The quantitative estimate of drug-likeness (QED) is 0.339. The van der Waals surface area contributed by atoms with Gasteiger partial charge in [0.2, 0.25) is 5.91 Å². The average molecular weight is 484 g/mol. The number of carbonyl (C=O) groups excluding carboxylic acids is 1. The van der Waals surface area contributed by atoms with Crippen molar-refractivity contribution in [1.29, 1.82) is 0 Å². The molecule has 0 aliphatic heterocycles. The zero-order valence-electron chi connectivity index (χ0n) is 19.0. The molecule has 1 aliphatic rings. The van der Waals surface area contributed by atoms with Crippen LogP contribution in [0.4, 0.5) is 17.6 Å². The van der Waals surface area contributed by atoms with Gasteiger partial charge in [-0.1, -0.05) is 0 Å². The molecule has 0 saturated heterocycles. The van der Waals surface area contributed by atoms with Gasteiger partial charge in [0.1, 0.15) is 17.5 Å². The van der Waals surface area contributed by atoms with E-state index in [9.17, 15) is 22.4 Å². The van der Waals surface area contributed by atoms with E-state index >= 15 is 0 Å². The van der Waals surface area contributed by atoms with Crippen LogP contribution < -0.4 is 5.32 Å². The second kappa shape index (κ2) is 8.87. The normalized spacial score (nSPS) is 19.6. The number of H-pyrrole nitrogens is 1. The van der Waals surface area contributed by atoms with Crippen LogP contribution in [0.2, 0.25) is 0 Å². The molecule has 0 unspecified atom stereocenters. The van der Waals surface area contributed by atoms with E-state index in [0.29, 0.717) is 40.7 Å². The fourth-order valence-corrected chi connectivity index (χ4v) is 5.20. The molecule has 1 saturated carbocycles. The monoisotopic (exact) mass is 484 g/mol. The first kappa shape index (κ1) is 23.1. The van der Waals surface area contributed by atoms with Crippen LogP contribution in [-0.4, -0.2) is 27.1 Å². The number of nitrogens with zero attached hydrogens (tertiary/aromatic N) is 2. The number of alkyl halides is 1. The van der Waals surface area contributed by atoms with Gasteiger partial charge in [-0.3, -0.25) is 9.18 Å². The van der Waals surface area contributed by atoms with Crippen LogP contribution >= 0.6 is 0 Å². The summed E-state index contributed by atoms with van der Waals surface area (Å²) in [6.07, 6.45) is 4.11. The Hall–Kier alpha value is -3.62. The minimum atomic E-state index is -0.927. The molecule has 35 heavy (non-hydrogen) atoms. The van der Waals surface area contributed by atoms with Gasteiger partial charge < -0.3 is 14.9 Å². The Morgan fingerprint density at radius 3 is 2.57 bits per heavy atom. The zero-order chi connectivity index (χ0) is 24.7. The highest BCUT2D eigenvalue weighted by Crippen LogP contribution is 2.56. The van der Waals surface area contributed by atoms with Gasteiger partial charge in [-0.05, 0) is 66.6 Å². The summed E-state index contributed by atoms with van der Waals surface area (Å²) in [4.78, 5) is 20.3.